The molecule has 0 aliphatic carbocycles. The molecule has 0 saturated carbocycles. The summed E-state index contributed by atoms with van der Waals surface area (Å²) in [5.74, 6) is -0.0764. The number of thiophene rings is 1. The summed E-state index contributed by atoms with van der Waals surface area (Å²) < 4.78 is 0. The highest BCUT2D eigenvalue weighted by Crippen LogP contribution is 2.30. The fourth-order valence-electron chi connectivity index (χ4n) is 1.11. The Hall–Kier alpha value is -1.23. The maximum atomic E-state index is 11.7. The monoisotopic (exact) mass is 227 g/mol. The van der Waals surface area contributed by atoms with Crippen molar-refractivity contribution < 1.29 is 4.79 Å². The summed E-state index contributed by atoms with van der Waals surface area (Å²) in [5.41, 5.74) is 6.33. The number of anilines is 2. The van der Waals surface area contributed by atoms with Gasteiger partial charge in [-0.3, -0.25) is 4.79 Å². The summed E-state index contributed by atoms with van der Waals surface area (Å²) in [5, 5.41) is 3.81. The Morgan fingerprint density at radius 1 is 1.60 bits per heavy atom. The smallest absolute Gasteiger partial charge is 0.263 e. The number of nitrogens with zero attached hydrogens (tertiary/aromatic N) is 1. The maximum Gasteiger partial charge on any atom is 0.263 e. The first kappa shape index (κ1) is 11.8. The summed E-state index contributed by atoms with van der Waals surface area (Å²) >= 11 is 1.42. The van der Waals surface area contributed by atoms with Gasteiger partial charge >= 0.3 is 0 Å². The lowest BCUT2D eigenvalue weighted by Gasteiger charge is -2.07. The van der Waals surface area contributed by atoms with Crippen LogP contribution in [-0.4, -0.2) is 26.5 Å². The van der Waals surface area contributed by atoms with Crippen molar-refractivity contribution in [3.05, 3.63) is 10.9 Å². The van der Waals surface area contributed by atoms with E-state index in [0.717, 1.165) is 11.4 Å². The molecular formula is C10H17N3OS. The first-order valence-electron chi connectivity index (χ1n) is 4.91. The Bertz CT molecular complexity index is 346. The van der Waals surface area contributed by atoms with Gasteiger partial charge in [0.15, 0.2) is 0 Å². The number of hydrogen-bond donors (Lipinski definition) is 2. The number of carbonyl (C=O) groups excluding carboxylic acids is 1. The second-order valence-electron chi connectivity index (χ2n) is 3.52. The number of nitrogens with one attached hydrogen (secondary N) is 1. The fraction of sp³-hybridized carbons (Fsp3) is 0.500. The van der Waals surface area contributed by atoms with Crippen molar-refractivity contribution >= 4 is 27.9 Å². The highest BCUT2D eigenvalue weighted by atomic mass is 32.1. The van der Waals surface area contributed by atoms with Gasteiger partial charge in [-0.15, -0.1) is 11.3 Å². The normalized spacial score (nSPS) is 10.1. The third-order valence-corrected chi connectivity index (χ3v) is 3.25. The molecule has 1 aromatic rings. The topological polar surface area (TPSA) is 58.4 Å². The molecular weight excluding hydrogens is 210 g/mol. The molecule has 0 aromatic carbocycles. The van der Waals surface area contributed by atoms with Gasteiger partial charge in [0.2, 0.25) is 0 Å². The van der Waals surface area contributed by atoms with Crippen LogP contribution in [0.1, 0.15) is 23.0 Å². The van der Waals surface area contributed by atoms with E-state index in [1.54, 1.807) is 0 Å². The molecule has 0 spiro atoms. The van der Waals surface area contributed by atoms with Gasteiger partial charge in [0, 0.05) is 20.6 Å². The summed E-state index contributed by atoms with van der Waals surface area (Å²) in [6.07, 6.45) is 0.928. The van der Waals surface area contributed by atoms with Crippen LogP contribution in [0, 0.1) is 0 Å². The zero-order valence-electron chi connectivity index (χ0n) is 9.33. The standard InChI is InChI=1S/C10H17N3OS/c1-4-5-12-10(14)9-7(11)6-8(15-9)13(2)3/h6H,4-5,11H2,1-3H3,(H,12,14). The zero-order valence-corrected chi connectivity index (χ0v) is 10.1. The number of nitrogens with two attached hydrogens (primary N) is 1. The molecule has 0 atom stereocenters. The first-order chi connectivity index (χ1) is 7.06. The van der Waals surface area contributed by atoms with Crippen molar-refractivity contribution in [2.45, 2.75) is 13.3 Å². The van der Waals surface area contributed by atoms with Crippen LogP contribution < -0.4 is 16.0 Å². The van der Waals surface area contributed by atoms with Gasteiger partial charge in [0.1, 0.15) is 4.88 Å². The van der Waals surface area contributed by atoms with Crippen molar-refractivity contribution in [3.8, 4) is 0 Å². The van der Waals surface area contributed by atoms with Gasteiger partial charge in [-0.05, 0) is 12.5 Å². The number of nitrogen functional groups attached to an aromatic ring is 1. The van der Waals surface area contributed by atoms with E-state index in [1.165, 1.54) is 11.3 Å². The molecule has 4 nitrogen and oxygen atoms in total. The van der Waals surface area contributed by atoms with Crippen molar-refractivity contribution in [3.63, 3.8) is 0 Å². The van der Waals surface area contributed by atoms with E-state index < -0.39 is 0 Å². The SMILES string of the molecule is CCCNC(=O)c1sc(N(C)C)cc1N. The summed E-state index contributed by atoms with van der Waals surface area (Å²) in [6.45, 7) is 2.71. The second-order valence-corrected chi connectivity index (χ2v) is 4.55. The van der Waals surface area contributed by atoms with Gasteiger partial charge < -0.3 is 16.0 Å². The number of amides is 1. The molecule has 0 bridgehead atoms. The molecule has 0 fully saturated rings. The molecule has 15 heavy (non-hydrogen) atoms. The Labute approximate surface area is 94.1 Å². The molecule has 0 aliphatic heterocycles. The lowest BCUT2D eigenvalue weighted by Crippen LogP contribution is -2.23. The van der Waals surface area contributed by atoms with Crippen molar-refractivity contribution in [2.75, 3.05) is 31.3 Å². The third-order valence-electron chi connectivity index (χ3n) is 1.93. The van der Waals surface area contributed by atoms with E-state index in [4.69, 9.17) is 5.73 Å². The zero-order chi connectivity index (χ0) is 11.4. The van der Waals surface area contributed by atoms with Crippen LogP contribution in [0.15, 0.2) is 6.07 Å². The Balaban J connectivity index is 2.80. The highest BCUT2D eigenvalue weighted by Gasteiger charge is 2.14. The van der Waals surface area contributed by atoms with Crippen LogP contribution in [0.2, 0.25) is 0 Å². The van der Waals surface area contributed by atoms with E-state index in [9.17, 15) is 4.79 Å². The molecule has 1 aromatic heterocycles. The van der Waals surface area contributed by atoms with Crippen molar-refractivity contribution in [1.29, 1.82) is 0 Å². The molecule has 0 aliphatic rings. The molecule has 84 valence electrons. The highest BCUT2D eigenvalue weighted by molar-refractivity contribution is 7.18. The molecule has 0 unspecified atom stereocenters. The van der Waals surface area contributed by atoms with Gasteiger partial charge in [-0.1, -0.05) is 6.92 Å². The lowest BCUT2D eigenvalue weighted by molar-refractivity contribution is 0.0958. The van der Waals surface area contributed by atoms with Crippen LogP contribution in [-0.2, 0) is 0 Å². The first-order valence-corrected chi connectivity index (χ1v) is 5.72. The van der Waals surface area contributed by atoms with Gasteiger partial charge in [0.25, 0.3) is 5.91 Å². The fourth-order valence-corrected chi connectivity index (χ4v) is 2.03. The van der Waals surface area contributed by atoms with E-state index in [2.05, 4.69) is 5.32 Å². The van der Waals surface area contributed by atoms with Crippen molar-refractivity contribution in [1.82, 2.24) is 5.32 Å². The van der Waals surface area contributed by atoms with Crippen molar-refractivity contribution in [2.24, 2.45) is 0 Å². The van der Waals surface area contributed by atoms with Crippen LogP contribution in [0.25, 0.3) is 0 Å². The van der Waals surface area contributed by atoms with Crippen LogP contribution in [0.5, 0.6) is 0 Å². The van der Waals surface area contributed by atoms with Gasteiger partial charge in [-0.2, -0.15) is 0 Å². The van der Waals surface area contributed by atoms with E-state index >= 15 is 0 Å². The molecule has 1 heterocycles. The molecule has 0 radical (unpaired) electrons. The Morgan fingerprint density at radius 2 is 2.27 bits per heavy atom. The van der Waals surface area contributed by atoms with Crippen LogP contribution in [0.3, 0.4) is 0 Å². The number of rotatable bonds is 4. The van der Waals surface area contributed by atoms with E-state index in [-0.39, 0.29) is 5.91 Å². The maximum absolute atomic E-state index is 11.7. The third kappa shape index (κ3) is 2.86. The minimum atomic E-state index is -0.0764. The molecule has 5 heteroatoms. The quantitative estimate of drug-likeness (QED) is 0.820. The predicted octanol–water partition coefficient (Wildman–Crippen LogP) is 1.54. The number of carbonyl (C=O) groups is 1. The van der Waals surface area contributed by atoms with Crippen LogP contribution >= 0.6 is 11.3 Å². The summed E-state index contributed by atoms with van der Waals surface area (Å²) in [6, 6.07) is 1.82. The second kappa shape index (κ2) is 5.02. The molecule has 1 amide bonds. The van der Waals surface area contributed by atoms with E-state index in [1.807, 2.05) is 32.0 Å². The largest absolute Gasteiger partial charge is 0.397 e. The molecule has 3 N–H and O–H groups in total. The van der Waals surface area contributed by atoms with E-state index in [0.29, 0.717) is 17.1 Å². The minimum Gasteiger partial charge on any atom is -0.397 e. The average molecular weight is 227 g/mol. The van der Waals surface area contributed by atoms with Crippen LogP contribution in [0.4, 0.5) is 10.7 Å². The minimum absolute atomic E-state index is 0.0764. The summed E-state index contributed by atoms with van der Waals surface area (Å²) in [4.78, 5) is 14.2. The number of hydrogen-bond acceptors (Lipinski definition) is 4. The van der Waals surface area contributed by atoms with Gasteiger partial charge in [-0.25, -0.2) is 0 Å². The molecule has 0 saturated heterocycles. The van der Waals surface area contributed by atoms with Gasteiger partial charge in [0.05, 0.1) is 10.7 Å². The molecule has 1 rings (SSSR count). The Morgan fingerprint density at radius 3 is 2.73 bits per heavy atom. The Kier molecular flexibility index (Phi) is 3.96. The average Bonchev–Trinajstić information content (AvgIpc) is 2.57. The summed E-state index contributed by atoms with van der Waals surface area (Å²) in [7, 11) is 3.86. The predicted molar refractivity (Wildman–Crippen MR) is 65.7 cm³/mol. The lowest BCUT2D eigenvalue weighted by atomic mass is 10.3.